The molecule has 1 amide bonds. The molecule has 4 rings (SSSR count). The zero-order chi connectivity index (χ0) is 23.5. The van der Waals surface area contributed by atoms with E-state index in [2.05, 4.69) is 26.6 Å². The highest BCUT2D eigenvalue weighted by Gasteiger charge is 2.23. The Bertz CT molecular complexity index is 1310. The summed E-state index contributed by atoms with van der Waals surface area (Å²) in [7, 11) is 0. The van der Waals surface area contributed by atoms with Gasteiger partial charge in [-0.3, -0.25) is 14.3 Å². The smallest absolute Gasteiger partial charge is 0.237 e. The van der Waals surface area contributed by atoms with Crippen LogP contribution in [0.25, 0.3) is 17.1 Å². The minimum absolute atomic E-state index is 0.220. The first kappa shape index (κ1) is 23.3. The van der Waals surface area contributed by atoms with Crippen molar-refractivity contribution in [2.75, 3.05) is 5.32 Å². The SMILES string of the molecule is Cc1ccc(-n2c(S[C@H](C)C(=O)Nc3cc(Cl)ccc3Cl)nnc2-c2cccnc2)c(C)c1. The Kier molecular flexibility index (Phi) is 7.02. The Morgan fingerprint density at radius 1 is 1.09 bits per heavy atom. The number of thioether (sulfide) groups is 1. The Morgan fingerprint density at radius 3 is 2.64 bits per heavy atom. The summed E-state index contributed by atoms with van der Waals surface area (Å²) in [6.07, 6.45) is 3.46. The number of carbonyl (C=O) groups excluding carboxylic acids is 1. The van der Waals surface area contributed by atoms with Crippen LogP contribution >= 0.6 is 35.0 Å². The molecule has 2 heterocycles. The number of nitrogens with zero attached hydrogens (tertiary/aromatic N) is 4. The van der Waals surface area contributed by atoms with Gasteiger partial charge in [0.25, 0.3) is 0 Å². The number of anilines is 1. The summed E-state index contributed by atoms with van der Waals surface area (Å²) in [6.45, 7) is 5.90. The predicted octanol–water partition coefficient (Wildman–Crippen LogP) is 6.37. The number of benzene rings is 2. The summed E-state index contributed by atoms with van der Waals surface area (Å²) in [6, 6.07) is 14.9. The molecule has 33 heavy (non-hydrogen) atoms. The molecule has 0 fully saturated rings. The number of hydrogen-bond donors (Lipinski definition) is 1. The van der Waals surface area contributed by atoms with Crippen molar-refractivity contribution >= 4 is 46.6 Å². The normalized spacial score (nSPS) is 11.9. The third kappa shape index (κ3) is 5.21. The maximum absolute atomic E-state index is 12.9. The fourth-order valence-electron chi connectivity index (χ4n) is 3.34. The summed E-state index contributed by atoms with van der Waals surface area (Å²) in [5.41, 5.74) is 4.47. The lowest BCUT2D eigenvalue weighted by atomic mass is 10.1. The highest BCUT2D eigenvalue weighted by atomic mass is 35.5. The minimum atomic E-state index is -0.476. The molecule has 0 unspecified atom stereocenters. The van der Waals surface area contributed by atoms with Crippen molar-refractivity contribution in [3.63, 3.8) is 0 Å². The van der Waals surface area contributed by atoms with E-state index in [-0.39, 0.29) is 5.91 Å². The van der Waals surface area contributed by atoms with E-state index in [1.165, 1.54) is 11.8 Å². The first-order valence-electron chi connectivity index (χ1n) is 10.2. The van der Waals surface area contributed by atoms with Crippen molar-refractivity contribution in [1.82, 2.24) is 19.7 Å². The second-order valence-corrected chi connectivity index (χ2v) is 9.70. The lowest BCUT2D eigenvalue weighted by Gasteiger charge is -2.16. The largest absolute Gasteiger partial charge is 0.324 e. The molecular formula is C24H21Cl2N5OS. The molecule has 0 bridgehead atoms. The van der Waals surface area contributed by atoms with Gasteiger partial charge >= 0.3 is 0 Å². The first-order valence-corrected chi connectivity index (χ1v) is 11.8. The van der Waals surface area contributed by atoms with E-state index in [4.69, 9.17) is 23.2 Å². The summed E-state index contributed by atoms with van der Waals surface area (Å²) in [5, 5.41) is 12.7. The van der Waals surface area contributed by atoms with E-state index in [0.29, 0.717) is 26.7 Å². The maximum Gasteiger partial charge on any atom is 0.237 e. The van der Waals surface area contributed by atoms with Crippen LogP contribution in [0.15, 0.2) is 66.1 Å². The van der Waals surface area contributed by atoms with Crippen molar-refractivity contribution < 1.29 is 4.79 Å². The van der Waals surface area contributed by atoms with Gasteiger partial charge in [0.15, 0.2) is 11.0 Å². The fourth-order valence-corrected chi connectivity index (χ4v) is 4.54. The molecule has 168 valence electrons. The monoisotopic (exact) mass is 497 g/mol. The number of nitrogens with one attached hydrogen (secondary N) is 1. The summed E-state index contributed by atoms with van der Waals surface area (Å²) < 4.78 is 1.96. The maximum atomic E-state index is 12.9. The van der Waals surface area contributed by atoms with Gasteiger partial charge in [0, 0.05) is 23.0 Å². The lowest BCUT2D eigenvalue weighted by Crippen LogP contribution is -2.23. The average Bonchev–Trinajstić information content (AvgIpc) is 3.20. The van der Waals surface area contributed by atoms with Crippen molar-refractivity contribution in [2.45, 2.75) is 31.2 Å². The second-order valence-electron chi connectivity index (χ2n) is 7.55. The van der Waals surface area contributed by atoms with Crippen LogP contribution in [0, 0.1) is 13.8 Å². The Balaban J connectivity index is 1.68. The topological polar surface area (TPSA) is 72.7 Å². The highest BCUT2D eigenvalue weighted by Crippen LogP contribution is 2.32. The second kappa shape index (κ2) is 9.95. The molecule has 1 N–H and O–H groups in total. The van der Waals surface area contributed by atoms with E-state index in [9.17, 15) is 4.79 Å². The number of hydrogen-bond acceptors (Lipinski definition) is 5. The molecule has 0 saturated carbocycles. The van der Waals surface area contributed by atoms with Gasteiger partial charge in [-0.25, -0.2) is 0 Å². The lowest BCUT2D eigenvalue weighted by molar-refractivity contribution is -0.115. The predicted molar refractivity (Wildman–Crippen MR) is 134 cm³/mol. The average molecular weight is 498 g/mol. The molecule has 0 saturated heterocycles. The number of rotatable bonds is 6. The minimum Gasteiger partial charge on any atom is -0.324 e. The Labute approximate surface area is 206 Å². The molecule has 2 aromatic heterocycles. The van der Waals surface area contributed by atoms with Gasteiger partial charge in [-0.2, -0.15) is 0 Å². The summed E-state index contributed by atoms with van der Waals surface area (Å²) in [5.74, 6) is 0.435. The van der Waals surface area contributed by atoms with Gasteiger partial charge < -0.3 is 5.32 Å². The number of aryl methyl sites for hydroxylation is 2. The molecule has 4 aromatic rings. The molecule has 9 heteroatoms. The van der Waals surface area contributed by atoms with Crippen molar-refractivity contribution in [3.05, 3.63) is 82.1 Å². The van der Waals surface area contributed by atoms with Crippen LogP contribution < -0.4 is 5.32 Å². The molecule has 2 aromatic carbocycles. The van der Waals surface area contributed by atoms with Crippen LogP contribution in [-0.2, 0) is 4.79 Å². The van der Waals surface area contributed by atoms with Gasteiger partial charge in [0.2, 0.25) is 5.91 Å². The molecule has 0 aliphatic heterocycles. The third-order valence-corrected chi connectivity index (χ3v) is 6.59. The van der Waals surface area contributed by atoms with Gasteiger partial charge in [0.05, 0.1) is 21.6 Å². The van der Waals surface area contributed by atoms with Crippen LogP contribution in [0.4, 0.5) is 5.69 Å². The van der Waals surface area contributed by atoms with Crippen LogP contribution in [-0.4, -0.2) is 30.9 Å². The standard InChI is InChI=1S/C24H21Cl2N5OS/c1-14-6-9-21(15(2)11-14)31-22(17-5-4-10-27-13-17)29-30-24(31)33-16(3)23(32)28-20-12-18(25)7-8-19(20)26/h4-13,16H,1-3H3,(H,28,32)/t16-/m1/s1. The first-order chi connectivity index (χ1) is 15.8. The van der Waals surface area contributed by atoms with E-state index >= 15 is 0 Å². The van der Waals surface area contributed by atoms with Crippen LogP contribution in [0.3, 0.4) is 0 Å². The van der Waals surface area contributed by atoms with E-state index in [1.54, 1.807) is 30.6 Å². The molecular weight excluding hydrogens is 477 g/mol. The van der Waals surface area contributed by atoms with Crippen molar-refractivity contribution in [3.8, 4) is 17.1 Å². The van der Waals surface area contributed by atoms with Crippen LogP contribution in [0.2, 0.25) is 10.0 Å². The molecule has 6 nitrogen and oxygen atoms in total. The number of pyridine rings is 1. The van der Waals surface area contributed by atoms with Crippen molar-refractivity contribution in [2.24, 2.45) is 0 Å². The van der Waals surface area contributed by atoms with Crippen LogP contribution in [0.5, 0.6) is 0 Å². The quantitative estimate of drug-likeness (QED) is 0.313. The van der Waals surface area contributed by atoms with Gasteiger partial charge in [-0.1, -0.05) is 52.7 Å². The van der Waals surface area contributed by atoms with E-state index < -0.39 is 5.25 Å². The molecule has 0 aliphatic carbocycles. The zero-order valence-corrected chi connectivity index (χ0v) is 20.5. The number of carbonyl (C=O) groups is 1. The number of aromatic nitrogens is 4. The molecule has 1 atom stereocenters. The molecule has 0 radical (unpaired) electrons. The van der Waals surface area contributed by atoms with E-state index in [0.717, 1.165) is 22.4 Å². The van der Waals surface area contributed by atoms with Crippen LogP contribution in [0.1, 0.15) is 18.1 Å². The zero-order valence-electron chi connectivity index (χ0n) is 18.2. The molecule has 0 aliphatic rings. The molecule has 0 spiro atoms. The summed E-state index contributed by atoms with van der Waals surface area (Å²) >= 11 is 13.6. The fraction of sp³-hybridized carbons (Fsp3) is 0.167. The van der Waals surface area contributed by atoms with Crippen molar-refractivity contribution in [1.29, 1.82) is 0 Å². The number of amides is 1. The van der Waals surface area contributed by atoms with Gasteiger partial charge in [-0.15, -0.1) is 10.2 Å². The number of halogens is 2. The highest BCUT2D eigenvalue weighted by molar-refractivity contribution is 8.00. The summed E-state index contributed by atoms with van der Waals surface area (Å²) in [4.78, 5) is 17.1. The van der Waals surface area contributed by atoms with Gasteiger partial charge in [-0.05, 0) is 62.7 Å². The van der Waals surface area contributed by atoms with Gasteiger partial charge in [0.1, 0.15) is 0 Å². The Morgan fingerprint density at radius 2 is 1.91 bits per heavy atom. The Hall–Kier alpha value is -2.87. The third-order valence-electron chi connectivity index (χ3n) is 4.98. The van der Waals surface area contributed by atoms with E-state index in [1.807, 2.05) is 49.6 Å².